The van der Waals surface area contributed by atoms with Crippen LogP contribution in [0.1, 0.15) is 41.0 Å². The van der Waals surface area contributed by atoms with Crippen LogP contribution in [0.15, 0.2) is 77.3 Å². The fourth-order valence-corrected chi connectivity index (χ4v) is 1.79. The number of nitrogens with zero attached hydrogens (tertiary/aromatic N) is 1. The Morgan fingerprint density at radius 3 is 2.08 bits per heavy atom. The number of rotatable bonds is 8. The van der Waals surface area contributed by atoms with Crippen molar-refractivity contribution in [3.8, 4) is 0 Å². The maximum Gasteiger partial charge on any atom is 0.247 e. The number of allylic oxidation sites excluding steroid dienone is 5. The van der Waals surface area contributed by atoms with E-state index in [9.17, 15) is 4.79 Å². The van der Waals surface area contributed by atoms with Gasteiger partial charge in [-0.15, -0.1) is 0 Å². The summed E-state index contributed by atoms with van der Waals surface area (Å²) in [6.45, 7) is 21.0. The van der Waals surface area contributed by atoms with E-state index in [4.69, 9.17) is 0 Å². The van der Waals surface area contributed by atoms with Gasteiger partial charge in [0.15, 0.2) is 0 Å². The van der Waals surface area contributed by atoms with E-state index in [2.05, 4.69) is 42.3 Å². The zero-order valence-electron chi connectivity index (χ0n) is 15.5. The van der Waals surface area contributed by atoms with Gasteiger partial charge in [0.2, 0.25) is 5.91 Å². The van der Waals surface area contributed by atoms with E-state index in [-0.39, 0.29) is 5.91 Å². The minimum atomic E-state index is -0.295. The van der Waals surface area contributed by atoms with Gasteiger partial charge in [-0.3, -0.25) is 4.79 Å². The Morgan fingerprint density at radius 2 is 1.67 bits per heavy atom. The molecule has 0 spiro atoms. The molecule has 0 saturated heterocycles. The van der Waals surface area contributed by atoms with Crippen LogP contribution in [0, 0.1) is 0 Å². The monoisotopic (exact) mass is 327 g/mol. The van der Waals surface area contributed by atoms with Gasteiger partial charge in [0.1, 0.15) is 5.84 Å². The van der Waals surface area contributed by atoms with Crippen LogP contribution in [0.25, 0.3) is 0 Å². The molecular weight excluding hydrogens is 298 g/mol. The van der Waals surface area contributed by atoms with E-state index in [1.165, 1.54) is 6.08 Å². The van der Waals surface area contributed by atoms with Crippen molar-refractivity contribution in [1.29, 1.82) is 0 Å². The van der Waals surface area contributed by atoms with Crippen molar-refractivity contribution < 1.29 is 4.79 Å². The number of carbonyl (C=O) groups is 1. The number of amidine groups is 1. The Hall–Kier alpha value is -2.62. The van der Waals surface area contributed by atoms with E-state index in [0.29, 0.717) is 17.2 Å². The molecule has 0 aromatic heterocycles. The van der Waals surface area contributed by atoms with E-state index in [1.54, 1.807) is 12.3 Å². The summed E-state index contributed by atoms with van der Waals surface area (Å²) < 4.78 is 0. The average molecular weight is 327 g/mol. The van der Waals surface area contributed by atoms with Crippen LogP contribution in [-0.4, -0.2) is 11.7 Å². The summed E-state index contributed by atoms with van der Waals surface area (Å²) in [6.07, 6.45) is 7.39. The third kappa shape index (κ3) is 8.13. The second kappa shape index (κ2) is 11.0. The van der Waals surface area contributed by atoms with Crippen molar-refractivity contribution in [3.63, 3.8) is 0 Å². The predicted molar refractivity (Wildman–Crippen MR) is 104 cm³/mol. The van der Waals surface area contributed by atoms with Gasteiger partial charge in [-0.1, -0.05) is 37.8 Å². The Morgan fingerprint density at radius 1 is 1.04 bits per heavy atom. The number of aliphatic imine (C=N–C) groups is 1. The summed E-state index contributed by atoms with van der Waals surface area (Å²) in [4.78, 5) is 16.0. The molecule has 1 amide bonds. The summed E-state index contributed by atoms with van der Waals surface area (Å²) in [5.74, 6) is 0.401. The highest BCUT2D eigenvalue weighted by Gasteiger charge is 2.05. The van der Waals surface area contributed by atoms with Crippen LogP contribution in [-0.2, 0) is 4.79 Å². The highest BCUT2D eigenvalue weighted by Crippen LogP contribution is 2.11. The van der Waals surface area contributed by atoms with Crippen molar-refractivity contribution in [1.82, 2.24) is 10.6 Å². The van der Waals surface area contributed by atoms with Crippen LogP contribution in [0.2, 0.25) is 0 Å². The molecule has 0 fully saturated rings. The third-order valence-corrected chi connectivity index (χ3v) is 3.03. The first-order chi connectivity index (χ1) is 11.2. The summed E-state index contributed by atoms with van der Waals surface area (Å²) in [5, 5.41) is 5.94. The van der Waals surface area contributed by atoms with Gasteiger partial charge in [-0.2, -0.15) is 0 Å². The molecule has 0 rings (SSSR count). The quantitative estimate of drug-likeness (QED) is 0.298. The topological polar surface area (TPSA) is 53.5 Å². The van der Waals surface area contributed by atoms with Crippen LogP contribution in [0.3, 0.4) is 0 Å². The Bertz CT molecular complexity index is 627. The average Bonchev–Trinajstić information content (AvgIpc) is 2.51. The van der Waals surface area contributed by atoms with Crippen LogP contribution in [0.5, 0.6) is 0 Å². The molecule has 0 saturated carbocycles. The molecular formula is C20H29N3O. The Kier molecular flexibility index (Phi) is 9.80. The largest absolute Gasteiger partial charge is 0.342 e. The van der Waals surface area contributed by atoms with Gasteiger partial charge in [-0.05, 0) is 57.9 Å². The highest BCUT2D eigenvalue weighted by molar-refractivity contribution is 5.89. The van der Waals surface area contributed by atoms with E-state index in [0.717, 1.165) is 23.1 Å². The van der Waals surface area contributed by atoms with E-state index >= 15 is 0 Å². The first-order valence-corrected chi connectivity index (χ1v) is 7.86. The van der Waals surface area contributed by atoms with Gasteiger partial charge in [0.05, 0.1) is 11.4 Å². The lowest BCUT2D eigenvalue weighted by Crippen LogP contribution is -2.27. The number of hydrogen-bond acceptors (Lipinski definition) is 2. The number of amides is 1. The molecule has 0 aliphatic heterocycles. The van der Waals surface area contributed by atoms with Gasteiger partial charge in [0.25, 0.3) is 0 Å². The zero-order chi connectivity index (χ0) is 18.7. The van der Waals surface area contributed by atoms with Crippen molar-refractivity contribution in [3.05, 3.63) is 72.3 Å². The van der Waals surface area contributed by atoms with Crippen molar-refractivity contribution in [2.75, 3.05) is 0 Å². The number of hydrogen-bond donors (Lipinski definition) is 2. The summed E-state index contributed by atoms with van der Waals surface area (Å²) in [7, 11) is 0. The second-order valence-corrected chi connectivity index (χ2v) is 5.57. The van der Waals surface area contributed by atoms with Crippen LogP contribution < -0.4 is 10.6 Å². The van der Waals surface area contributed by atoms with E-state index in [1.807, 2.05) is 33.8 Å². The number of nitrogens with one attached hydrogen (secondary N) is 2. The first kappa shape index (κ1) is 21.4. The maximum atomic E-state index is 11.6. The standard InChI is InChI=1S/C20H29N3O/c1-9-17(15(6)7)13-21-16(8)22-19(12-14(4)5)18(10-2)23-20(24)11-3/h10-13H,2-3,6,9H2,1,4-5,7-8H3,(H,21,22)(H,23,24)/b17-13-,19-18-. The molecule has 0 bridgehead atoms. The zero-order valence-corrected chi connectivity index (χ0v) is 15.5. The molecule has 24 heavy (non-hydrogen) atoms. The molecule has 0 unspecified atom stereocenters. The van der Waals surface area contributed by atoms with Gasteiger partial charge < -0.3 is 10.6 Å². The molecule has 0 aromatic rings. The molecule has 130 valence electrons. The fraction of sp³-hybridized carbons (Fsp3) is 0.300. The third-order valence-electron chi connectivity index (χ3n) is 3.03. The molecule has 4 heteroatoms. The number of carbonyl (C=O) groups excluding carboxylic acids is 1. The highest BCUT2D eigenvalue weighted by atomic mass is 16.1. The minimum Gasteiger partial charge on any atom is -0.342 e. The molecule has 2 N–H and O–H groups in total. The Balaban J connectivity index is 5.67. The summed E-state index contributed by atoms with van der Waals surface area (Å²) >= 11 is 0. The van der Waals surface area contributed by atoms with Gasteiger partial charge >= 0.3 is 0 Å². The van der Waals surface area contributed by atoms with Crippen molar-refractivity contribution in [2.24, 2.45) is 4.99 Å². The second-order valence-electron chi connectivity index (χ2n) is 5.57. The lowest BCUT2D eigenvalue weighted by Gasteiger charge is -2.13. The fourth-order valence-electron chi connectivity index (χ4n) is 1.79. The lowest BCUT2D eigenvalue weighted by molar-refractivity contribution is -0.115. The van der Waals surface area contributed by atoms with Gasteiger partial charge in [0, 0.05) is 6.20 Å². The van der Waals surface area contributed by atoms with Crippen LogP contribution in [0.4, 0.5) is 0 Å². The summed E-state index contributed by atoms with van der Waals surface area (Å²) in [5.41, 5.74) is 4.44. The molecule has 0 radical (unpaired) electrons. The van der Waals surface area contributed by atoms with Crippen LogP contribution >= 0.6 is 0 Å². The molecule has 0 heterocycles. The maximum absolute atomic E-state index is 11.6. The van der Waals surface area contributed by atoms with Crippen molar-refractivity contribution in [2.45, 2.75) is 41.0 Å². The minimum absolute atomic E-state index is 0.295. The lowest BCUT2D eigenvalue weighted by atomic mass is 10.1. The van der Waals surface area contributed by atoms with E-state index < -0.39 is 0 Å². The molecule has 0 aromatic carbocycles. The molecule has 0 atom stereocenters. The SMILES string of the molecule is C=CC(=O)N/C(C=C)=C(/C=C(C)C)NC(C)=N/C=C(/CC)C(=C)C. The van der Waals surface area contributed by atoms with Gasteiger partial charge in [-0.25, -0.2) is 4.99 Å². The molecule has 0 aliphatic rings. The van der Waals surface area contributed by atoms with Crippen molar-refractivity contribution >= 4 is 11.7 Å². The Labute approximate surface area is 146 Å². The predicted octanol–water partition coefficient (Wildman–Crippen LogP) is 4.53. The first-order valence-electron chi connectivity index (χ1n) is 7.86. The normalized spacial score (nSPS) is 12.7. The summed E-state index contributed by atoms with van der Waals surface area (Å²) in [6, 6.07) is 0. The smallest absolute Gasteiger partial charge is 0.247 e. The molecule has 0 aliphatic carbocycles. The molecule has 4 nitrogen and oxygen atoms in total.